The summed E-state index contributed by atoms with van der Waals surface area (Å²) in [6, 6.07) is 3.35. The van der Waals surface area contributed by atoms with Gasteiger partial charge in [0.15, 0.2) is 0 Å². The summed E-state index contributed by atoms with van der Waals surface area (Å²) in [4.78, 5) is 15.6. The van der Waals surface area contributed by atoms with E-state index in [1.54, 1.807) is 12.1 Å². The Morgan fingerprint density at radius 3 is 2.88 bits per heavy atom. The number of hydrogen-bond acceptors (Lipinski definition) is 3. The maximum absolute atomic E-state index is 11.8. The number of anilines is 1. The van der Waals surface area contributed by atoms with Gasteiger partial charge in [0.2, 0.25) is 5.91 Å². The van der Waals surface area contributed by atoms with E-state index in [1.165, 1.54) is 6.20 Å². The van der Waals surface area contributed by atoms with E-state index in [-0.39, 0.29) is 11.8 Å². The van der Waals surface area contributed by atoms with Crippen LogP contribution in [-0.2, 0) is 4.79 Å². The first-order valence-electron chi connectivity index (χ1n) is 5.29. The predicted molar refractivity (Wildman–Crippen MR) is 65.3 cm³/mol. The quantitative estimate of drug-likeness (QED) is 0.776. The second-order valence-electron chi connectivity index (χ2n) is 3.58. The molecule has 1 amide bonds. The number of halogens is 1. The molecule has 1 atom stereocenters. The topological polar surface area (TPSA) is 68.0 Å². The van der Waals surface area contributed by atoms with Crippen molar-refractivity contribution in [2.24, 2.45) is 11.7 Å². The highest BCUT2D eigenvalue weighted by Gasteiger charge is 2.15. The van der Waals surface area contributed by atoms with Gasteiger partial charge in [-0.2, -0.15) is 0 Å². The third kappa shape index (κ3) is 3.79. The van der Waals surface area contributed by atoms with E-state index in [4.69, 9.17) is 17.3 Å². The van der Waals surface area contributed by atoms with Crippen LogP contribution < -0.4 is 11.1 Å². The highest BCUT2D eigenvalue weighted by molar-refractivity contribution is 6.29. The third-order valence-corrected chi connectivity index (χ3v) is 2.51. The van der Waals surface area contributed by atoms with Crippen LogP contribution in [-0.4, -0.2) is 17.4 Å². The number of amides is 1. The molecule has 88 valence electrons. The average Bonchev–Trinajstić information content (AvgIpc) is 2.29. The molecular formula is C11H16ClN3O. The molecule has 1 heterocycles. The van der Waals surface area contributed by atoms with Gasteiger partial charge in [-0.3, -0.25) is 4.79 Å². The van der Waals surface area contributed by atoms with Crippen molar-refractivity contribution in [2.45, 2.75) is 19.8 Å². The zero-order valence-electron chi connectivity index (χ0n) is 9.24. The van der Waals surface area contributed by atoms with Gasteiger partial charge >= 0.3 is 0 Å². The lowest BCUT2D eigenvalue weighted by atomic mass is 10.0. The van der Waals surface area contributed by atoms with Crippen LogP contribution >= 0.6 is 11.6 Å². The standard InChI is InChI=1S/C11H16ClN3O/c1-2-3-8(6-13)11(16)15-9-4-5-10(12)14-7-9/h4-5,7-8H,2-3,6,13H2,1H3,(H,15,16). The number of nitrogens with two attached hydrogens (primary N) is 1. The van der Waals surface area contributed by atoms with Crippen molar-refractivity contribution in [1.29, 1.82) is 0 Å². The Morgan fingerprint density at radius 2 is 2.38 bits per heavy atom. The van der Waals surface area contributed by atoms with Crippen LogP contribution in [0.2, 0.25) is 5.15 Å². The smallest absolute Gasteiger partial charge is 0.228 e. The molecule has 0 fully saturated rings. The molecule has 0 aliphatic heterocycles. The summed E-state index contributed by atoms with van der Waals surface area (Å²) in [5.41, 5.74) is 6.18. The van der Waals surface area contributed by atoms with Crippen LogP contribution in [0.1, 0.15) is 19.8 Å². The summed E-state index contributed by atoms with van der Waals surface area (Å²) in [5.74, 6) is -0.200. The number of carbonyl (C=O) groups excluding carboxylic acids is 1. The van der Waals surface area contributed by atoms with Gasteiger partial charge in [0, 0.05) is 6.54 Å². The summed E-state index contributed by atoms with van der Waals surface area (Å²) in [5, 5.41) is 3.17. The van der Waals surface area contributed by atoms with Crippen LogP contribution in [0.4, 0.5) is 5.69 Å². The van der Waals surface area contributed by atoms with Crippen LogP contribution in [0, 0.1) is 5.92 Å². The molecule has 4 nitrogen and oxygen atoms in total. The Hall–Kier alpha value is -1.13. The number of nitrogens with one attached hydrogen (secondary N) is 1. The summed E-state index contributed by atoms with van der Waals surface area (Å²) in [6.07, 6.45) is 3.26. The van der Waals surface area contributed by atoms with E-state index in [2.05, 4.69) is 10.3 Å². The number of hydrogen-bond donors (Lipinski definition) is 2. The maximum atomic E-state index is 11.8. The molecule has 0 bridgehead atoms. The van der Waals surface area contributed by atoms with Crippen LogP contribution in [0.15, 0.2) is 18.3 Å². The maximum Gasteiger partial charge on any atom is 0.228 e. The Labute approximate surface area is 100 Å². The van der Waals surface area contributed by atoms with Gasteiger partial charge in [0.1, 0.15) is 5.15 Å². The van der Waals surface area contributed by atoms with E-state index in [0.717, 1.165) is 12.8 Å². The van der Waals surface area contributed by atoms with Crippen molar-refractivity contribution in [3.8, 4) is 0 Å². The number of rotatable bonds is 5. The minimum atomic E-state index is -0.138. The molecule has 5 heteroatoms. The van der Waals surface area contributed by atoms with Gasteiger partial charge in [0.25, 0.3) is 0 Å². The number of nitrogens with zero attached hydrogens (tertiary/aromatic N) is 1. The molecule has 16 heavy (non-hydrogen) atoms. The number of pyridine rings is 1. The zero-order chi connectivity index (χ0) is 12.0. The minimum absolute atomic E-state index is 0.0616. The van der Waals surface area contributed by atoms with Crippen LogP contribution in [0.25, 0.3) is 0 Å². The van der Waals surface area contributed by atoms with Crippen LogP contribution in [0.3, 0.4) is 0 Å². The molecule has 0 aliphatic rings. The van der Waals surface area contributed by atoms with E-state index < -0.39 is 0 Å². The van der Waals surface area contributed by atoms with Crippen molar-refractivity contribution in [2.75, 3.05) is 11.9 Å². The first-order valence-corrected chi connectivity index (χ1v) is 5.67. The Kier molecular flexibility index (Phi) is 5.22. The highest BCUT2D eigenvalue weighted by atomic mass is 35.5. The van der Waals surface area contributed by atoms with Crippen LogP contribution in [0.5, 0.6) is 0 Å². The molecule has 1 aromatic heterocycles. The Balaban J connectivity index is 2.59. The van der Waals surface area contributed by atoms with Crippen molar-refractivity contribution in [1.82, 2.24) is 4.98 Å². The lowest BCUT2D eigenvalue weighted by Gasteiger charge is -2.13. The molecule has 0 radical (unpaired) electrons. The van der Waals surface area contributed by atoms with Gasteiger partial charge in [-0.1, -0.05) is 24.9 Å². The monoisotopic (exact) mass is 241 g/mol. The summed E-state index contributed by atoms with van der Waals surface area (Å²) in [6.45, 7) is 2.39. The predicted octanol–water partition coefficient (Wildman–Crippen LogP) is 2.05. The molecule has 0 spiro atoms. The SMILES string of the molecule is CCCC(CN)C(=O)Nc1ccc(Cl)nc1. The normalized spacial score (nSPS) is 12.2. The summed E-state index contributed by atoms with van der Waals surface area (Å²) >= 11 is 5.64. The lowest BCUT2D eigenvalue weighted by Crippen LogP contribution is -2.29. The zero-order valence-corrected chi connectivity index (χ0v) is 10.00. The van der Waals surface area contributed by atoms with Gasteiger partial charge in [-0.05, 0) is 18.6 Å². The summed E-state index contributed by atoms with van der Waals surface area (Å²) < 4.78 is 0. The Morgan fingerprint density at radius 1 is 1.62 bits per heavy atom. The molecule has 0 aromatic carbocycles. The van der Waals surface area contributed by atoms with Crippen molar-refractivity contribution in [3.63, 3.8) is 0 Å². The van der Waals surface area contributed by atoms with Gasteiger partial charge < -0.3 is 11.1 Å². The van der Waals surface area contributed by atoms with E-state index >= 15 is 0 Å². The molecule has 0 saturated heterocycles. The number of carbonyl (C=O) groups is 1. The van der Waals surface area contributed by atoms with E-state index in [1.807, 2.05) is 6.92 Å². The second-order valence-corrected chi connectivity index (χ2v) is 3.97. The molecule has 1 unspecified atom stereocenters. The minimum Gasteiger partial charge on any atom is -0.330 e. The lowest BCUT2D eigenvalue weighted by molar-refractivity contribution is -0.119. The first kappa shape index (κ1) is 12.9. The average molecular weight is 242 g/mol. The first-order chi connectivity index (χ1) is 7.67. The second kappa shape index (κ2) is 6.45. The fraction of sp³-hybridized carbons (Fsp3) is 0.455. The van der Waals surface area contributed by atoms with Crippen molar-refractivity contribution >= 4 is 23.2 Å². The number of aromatic nitrogens is 1. The van der Waals surface area contributed by atoms with E-state index in [0.29, 0.717) is 17.4 Å². The molecule has 3 N–H and O–H groups in total. The molecule has 1 aromatic rings. The molecule has 0 aliphatic carbocycles. The van der Waals surface area contributed by atoms with Crippen molar-refractivity contribution in [3.05, 3.63) is 23.5 Å². The fourth-order valence-electron chi connectivity index (χ4n) is 1.40. The molecular weight excluding hydrogens is 226 g/mol. The fourth-order valence-corrected chi connectivity index (χ4v) is 1.51. The van der Waals surface area contributed by atoms with Gasteiger partial charge in [-0.25, -0.2) is 4.98 Å². The molecule has 0 saturated carbocycles. The van der Waals surface area contributed by atoms with Gasteiger partial charge in [0.05, 0.1) is 17.8 Å². The van der Waals surface area contributed by atoms with E-state index in [9.17, 15) is 4.79 Å². The highest BCUT2D eigenvalue weighted by Crippen LogP contribution is 2.12. The largest absolute Gasteiger partial charge is 0.330 e. The third-order valence-electron chi connectivity index (χ3n) is 2.29. The summed E-state index contributed by atoms with van der Waals surface area (Å²) in [7, 11) is 0. The Bertz CT molecular complexity index is 340. The van der Waals surface area contributed by atoms with Crippen molar-refractivity contribution < 1.29 is 4.79 Å². The van der Waals surface area contributed by atoms with Gasteiger partial charge in [-0.15, -0.1) is 0 Å². The molecule has 1 rings (SSSR count).